The van der Waals surface area contributed by atoms with Crippen molar-refractivity contribution in [3.05, 3.63) is 76.3 Å². The van der Waals surface area contributed by atoms with E-state index in [2.05, 4.69) is 20.1 Å². The van der Waals surface area contributed by atoms with E-state index in [0.717, 1.165) is 26.4 Å². The molecule has 0 aliphatic carbocycles. The summed E-state index contributed by atoms with van der Waals surface area (Å²) in [5.41, 5.74) is 2.98. The Kier molecular flexibility index (Phi) is 5.29. The second-order valence-corrected chi connectivity index (χ2v) is 7.97. The summed E-state index contributed by atoms with van der Waals surface area (Å²) in [5.74, 6) is 1.94. The van der Waals surface area contributed by atoms with E-state index in [0.29, 0.717) is 18.1 Å². The fraction of sp³-hybridized carbons (Fsp3) is 0.111. The van der Waals surface area contributed by atoms with Crippen LogP contribution in [0.25, 0.3) is 11.4 Å². The van der Waals surface area contributed by atoms with Crippen LogP contribution in [-0.2, 0) is 12.2 Å². The first-order valence-electron chi connectivity index (χ1n) is 7.81. The van der Waals surface area contributed by atoms with Crippen molar-refractivity contribution in [2.45, 2.75) is 16.5 Å². The van der Waals surface area contributed by atoms with E-state index < -0.39 is 0 Å². The normalized spacial score (nSPS) is 11.0. The minimum Gasteiger partial charge on any atom is -0.339 e. The van der Waals surface area contributed by atoms with Crippen molar-refractivity contribution in [1.82, 2.24) is 20.1 Å². The maximum atomic E-state index is 5.91. The maximum absolute atomic E-state index is 5.91. The molecule has 0 aliphatic rings. The van der Waals surface area contributed by atoms with Gasteiger partial charge in [0.2, 0.25) is 11.7 Å². The van der Waals surface area contributed by atoms with Crippen LogP contribution in [0.2, 0.25) is 5.02 Å². The molecule has 8 heteroatoms. The first-order valence-corrected chi connectivity index (χ1v) is 10.1. The quantitative estimate of drug-likeness (QED) is 0.418. The second-order valence-electron chi connectivity index (χ2n) is 5.45. The van der Waals surface area contributed by atoms with E-state index in [4.69, 9.17) is 16.1 Å². The minimum absolute atomic E-state index is 0.519. The minimum atomic E-state index is 0.519. The van der Waals surface area contributed by atoms with Crippen molar-refractivity contribution in [2.75, 3.05) is 0 Å². The number of thioether (sulfide) groups is 1. The summed E-state index contributed by atoms with van der Waals surface area (Å²) < 4.78 is 6.34. The van der Waals surface area contributed by atoms with Gasteiger partial charge in [-0.15, -0.1) is 11.3 Å². The molecule has 1 aromatic carbocycles. The van der Waals surface area contributed by atoms with E-state index >= 15 is 0 Å². The van der Waals surface area contributed by atoms with Crippen LogP contribution < -0.4 is 0 Å². The smallest absolute Gasteiger partial charge is 0.233 e. The monoisotopic (exact) mass is 400 g/mol. The molecule has 0 fully saturated rings. The highest BCUT2D eigenvalue weighted by atomic mass is 35.5. The molecule has 26 heavy (non-hydrogen) atoms. The number of halogens is 1. The molecule has 0 saturated heterocycles. The van der Waals surface area contributed by atoms with E-state index in [1.54, 1.807) is 35.5 Å². The molecule has 0 atom stereocenters. The van der Waals surface area contributed by atoms with Crippen molar-refractivity contribution in [3.8, 4) is 11.4 Å². The van der Waals surface area contributed by atoms with Crippen molar-refractivity contribution >= 4 is 34.7 Å². The molecule has 0 spiro atoms. The molecular weight excluding hydrogens is 388 g/mol. The van der Waals surface area contributed by atoms with Crippen LogP contribution >= 0.6 is 34.7 Å². The van der Waals surface area contributed by atoms with Crippen molar-refractivity contribution in [2.24, 2.45) is 0 Å². The molecular formula is C18H13ClN4OS2. The molecule has 0 saturated carbocycles. The Morgan fingerprint density at radius 2 is 2.00 bits per heavy atom. The number of thiazole rings is 1. The Balaban J connectivity index is 1.38. The summed E-state index contributed by atoms with van der Waals surface area (Å²) in [6, 6.07) is 11.6. The first-order chi connectivity index (χ1) is 12.8. The molecule has 4 rings (SSSR count). The van der Waals surface area contributed by atoms with E-state index in [1.807, 2.05) is 41.8 Å². The van der Waals surface area contributed by atoms with Gasteiger partial charge in [-0.25, -0.2) is 4.98 Å². The predicted molar refractivity (Wildman–Crippen MR) is 103 cm³/mol. The van der Waals surface area contributed by atoms with E-state index in [9.17, 15) is 0 Å². The third-order valence-electron chi connectivity index (χ3n) is 3.53. The van der Waals surface area contributed by atoms with Crippen molar-refractivity contribution in [3.63, 3.8) is 0 Å². The molecule has 0 unspecified atom stereocenters. The third-order valence-corrected chi connectivity index (χ3v) is 5.92. The molecule has 0 bridgehead atoms. The van der Waals surface area contributed by atoms with Crippen LogP contribution in [0, 0.1) is 0 Å². The Bertz CT molecular complexity index is 986. The Morgan fingerprint density at radius 3 is 2.81 bits per heavy atom. The van der Waals surface area contributed by atoms with Gasteiger partial charge in [0.1, 0.15) is 4.34 Å². The summed E-state index contributed by atoms with van der Waals surface area (Å²) in [5, 5.41) is 6.78. The van der Waals surface area contributed by atoms with Gasteiger partial charge in [0, 0.05) is 34.1 Å². The van der Waals surface area contributed by atoms with Gasteiger partial charge < -0.3 is 4.52 Å². The van der Waals surface area contributed by atoms with Gasteiger partial charge in [0.05, 0.1) is 12.1 Å². The largest absolute Gasteiger partial charge is 0.339 e. The lowest BCUT2D eigenvalue weighted by Gasteiger charge is -1.98. The SMILES string of the molecule is Clc1ccc(CSc2nc(Cc3nc(-c4cccnc4)no3)cs2)cc1. The van der Waals surface area contributed by atoms with Gasteiger partial charge in [-0.1, -0.05) is 40.7 Å². The molecule has 3 aromatic heterocycles. The molecule has 3 heterocycles. The lowest BCUT2D eigenvalue weighted by atomic mass is 10.2. The number of benzene rings is 1. The zero-order chi connectivity index (χ0) is 17.8. The number of hydrogen-bond donors (Lipinski definition) is 0. The summed E-state index contributed by atoms with van der Waals surface area (Å²) in [6.07, 6.45) is 3.94. The van der Waals surface area contributed by atoms with E-state index in [-0.39, 0.29) is 0 Å². The standard InChI is InChI=1S/C18H13ClN4OS2/c19-14-5-3-12(4-6-14)10-25-18-21-15(11-26-18)8-16-22-17(23-24-16)13-2-1-7-20-9-13/h1-7,9,11H,8,10H2. The van der Waals surface area contributed by atoms with Crippen LogP contribution in [0.3, 0.4) is 0 Å². The Hall–Kier alpha value is -2.22. The molecule has 0 N–H and O–H groups in total. The fourth-order valence-corrected chi connectivity index (χ4v) is 4.18. The summed E-state index contributed by atoms with van der Waals surface area (Å²) >= 11 is 9.23. The molecule has 5 nitrogen and oxygen atoms in total. The molecule has 4 aromatic rings. The molecule has 0 radical (unpaired) electrons. The molecule has 0 aliphatic heterocycles. The summed E-state index contributed by atoms with van der Waals surface area (Å²) in [4.78, 5) is 13.1. The highest BCUT2D eigenvalue weighted by Gasteiger charge is 2.11. The number of nitrogens with zero attached hydrogens (tertiary/aromatic N) is 4. The topological polar surface area (TPSA) is 64.7 Å². The van der Waals surface area contributed by atoms with Crippen molar-refractivity contribution in [1.29, 1.82) is 0 Å². The highest BCUT2D eigenvalue weighted by molar-refractivity contribution is 8.00. The highest BCUT2D eigenvalue weighted by Crippen LogP contribution is 2.27. The summed E-state index contributed by atoms with van der Waals surface area (Å²) in [6.45, 7) is 0. The average molecular weight is 401 g/mol. The lowest BCUT2D eigenvalue weighted by Crippen LogP contribution is -1.89. The average Bonchev–Trinajstić information content (AvgIpc) is 3.32. The van der Waals surface area contributed by atoms with E-state index in [1.165, 1.54) is 5.56 Å². The number of pyridine rings is 1. The molecule has 130 valence electrons. The zero-order valence-corrected chi connectivity index (χ0v) is 15.9. The van der Waals surface area contributed by atoms with Gasteiger partial charge in [-0.2, -0.15) is 4.98 Å². The third kappa shape index (κ3) is 4.30. The van der Waals surface area contributed by atoms with Crippen LogP contribution in [0.4, 0.5) is 0 Å². The van der Waals surface area contributed by atoms with Gasteiger partial charge in [-0.05, 0) is 29.8 Å². The maximum Gasteiger partial charge on any atom is 0.233 e. The number of rotatable bonds is 6. The second kappa shape index (κ2) is 7.99. The van der Waals surface area contributed by atoms with Gasteiger partial charge >= 0.3 is 0 Å². The van der Waals surface area contributed by atoms with Crippen LogP contribution in [-0.4, -0.2) is 20.1 Å². The zero-order valence-electron chi connectivity index (χ0n) is 13.5. The van der Waals surface area contributed by atoms with Crippen LogP contribution in [0.5, 0.6) is 0 Å². The number of hydrogen-bond acceptors (Lipinski definition) is 7. The Morgan fingerprint density at radius 1 is 1.12 bits per heavy atom. The predicted octanol–water partition coefficient (Wildman–Crippen LogP) is 5.12. The first kappa shape index (κ1) is 17.2. The molecule has 0 amide bonds. The van der Waals surface area contributed by atoms with Gasteiger partial charge in [0.25, 0.3) is 0 Å². The van der Waals surface area contributed by atoms with Crippen LogP contribution in [0.15, 0.2) is 63.0 Å². The van der Waals surface area contributed by atoms with Gasteiger partial charge in [-0.3, -0.25) is 4.98 Å². The number of aromatic nitrogens is 4. The lowest BCUT2D eigenvalue weighted by molar-refractivity contribution is 0.385. The van der Waals surface area contributed by atoms with Gasteiger partial charge in [0.15, 0.2) is 0 Å². The van der Waals surface area contributed by atoms with Crippen molar-refractivity contribution < 1.29 is 4.52 Å². The summed E-state index contributed by atoms with van der Waals surface area (Å²) in [7, 11) is 0. The van der Waals surface area contributed by atoms with Crippen LogP contribution in [0.1, 0.15) is 17.1 Å². The Labute approximate surface area is 163 Å². The fourth-order valence-electron chi connectivity index (χ4n) is 2.26.